The fourth-order valence-electron chi connectivity index (χ4n) is 4.80. The van der Waals surface area contributed by atoms with Crippen molar-refractivity contribution in [3.63, 3.8) is 0 Å². The van der Waals surface area contributed by atoms with Crippen LogP contribution in [0.5, 0.6) is 5.75 Å². The van der Waals surface area contributed by atoms with Crippen molar-refractivity contribution in [1.29, 1.82) is 0 Å². The predicted octanol–water partition coefficient (Wildman–Crippen LogP) is 3.17. The number of likely N-dealkylation sites (tertiary alicyclic amines) is 1. The van der Waals surface area contributed by atoms with Crippen LogP contribution in [0.4, 0.5) is 8.78 Å². The van der Waals surface area contributed by atoms with Crippen molar-refractivity contribution < 1.29 is 23.8 Å². The van der Waals surface area contributed by atoms with Crippen LogP contribution in [0.1, 0.15) is 28.8 Å². The van der Waals surface area contributed by atoms with Gasteiger partial charge in [-0.05, 0) is 61.1 Å². The predicted molar refractivity (Wildman–Crippen MR) is 100 cm³/mol. The van der Waals surface area contributed by atoms with Gasteiger partial charge in [-0.15, -0.1) is 0 Å². The van der Waals surface area contributed by atoms with Crippen molar-refractivity contribution in [2.45, 2.75) is 24.9 Å². The molecule has 2 atom stereocenters. The van der Waals surface area contributed by atoms with E-state index < -0.39 is 17.2 Å². The SMILES string of the molecule is O=C(CN1C[C@@H]2CC(O)(Cc3c(F)cccc3F)C[C@H]2C1)c1ccc(O)cc1. The van der Waals surface area contributed by atoms with Gasteiger partial charge in [-0.3, -0.25) is 9.69 Å². The standard InChI is InChI=1S/C22H23F2NO3/c23-19-2-1-3-20(24)18(19)10-22(28)8-15-11-25(12-16(15)9-22)13-21(27)14-4-6-17(26)7-5-14/h1-7,15-16,26,28H,8-13H2/t15-,16-/m0/s1. The third-order valence-corrected chi connectivity index (χ3v) is 6.06. The van der Waals surface area contributed by atoms with Gasteiger partial charge in [0.25, 0.3) is 0 Å². The Labute approximate surface area is 162 Å². The summed E-state index contributed by atoms with van der Waals surface area (Å²) in [6.45, 7) is 1.67. The molecule has 1 heterocycles. The molecule has 28 heavy (non-hydrogen) atoms. The number of carbonyl (C=O) groups excluding carboxylic acids is 1. The van der Waals surface area contributed by atoms with Crippen molar-refractivity contribution in [2.75, 3.05) is 19.6 Å². The highest BCUT2D eigenvalue weighted by Gasteiger charge is 2.48. The monoisotopic (exact) mass is 387 g/mol. The van der Waals surface area contributed by atoms with Gasteiger partial charge in [0, 0.05) is 30.6 Å². The summed E-state index contributed by atoms with van der Waals surface area (Å²) in [7, 11) is 0. The number of hydrogen-bond donors (Lipinski definition) is 2. The molecule has 0 bridgehead atoms. The Morgan fingerprint density at radius 1 is 1.04 bits per heavy atom. The van der Waals surface area contributed by atoms with Crippen LogP contribution >= 0.6 is 0 Å². The number of halogens is 2. The number of aromatic hydroxyl groups is 1. The molecule has 6 heteroatoms. The number of phenolic OH excluding ortho intramolecular Hbond substituents is 1. The fourth-order valence-corrected chi connectivity index (χ4v) is 4.80. The molecule has 2 aliphatic rings. The minimum Gasteiger partial charge on any atom is -0.508 e. The van der Waals surface area contributed by atoms with Gasteiger partial charge in [0.05, 0.1) is 12.1 Å². The van der Waals surface area contributed by atoms with E-state index in [9.17, 15) is 23.8 Å². The zero-order chi connectivity index (χ0) is 19.9. The van der Waals surface area contributed by atoms with Gasteiger partial charge in [-0.25, -0.2) is 8.78 Å². The molecule has 0 amide bonds. The van der Waals surface area contributed by atoms with E-state index in [2.05, 4.69) is 4.90 Å². The number of carbonyl (C=O) groups is 1. The average Bonchev–Trinajstić information content (AvgIpc) is 3.13. The van der Waals surface area contributed by atoms with Crippen LogP contribution in [0.3, 0.4) is 0 Å². The molecule has 0 aromatic heterocycles. The lowest BCUT2D eigenvalue weighted by molar-refractivity contribution is 0.0339. The Bertz CT molecular complexity index is 850. The Balaban J connectivity index is 1.36. The van der Waals surface area contributed by atoms with Crippen molar-refractivity contribution in [3.05, 3.63) is 65.2 Å². The van der Waals surface area contributed by atoms with E-state index in [0.29, 0.717) is 31.5 Å². The molecule has 1 aliphatic heterocycles. The Kier molecular flexibility index (Phi) is 4.93. The van der Waals surface area contributed by atoms with Crippen LogP contribution in [0.25, 0.3) is 0 Å². The summed E-state index contributed by atoms with van der Waals surface area (Å²) in [6.07, 6.45) is 0.940. The van der Waals surface area contributed by atoms with E-state index in [1.54, 1.807) is 12.1 Å². The lowest BCUT2D eigenvalue weighted by atomic mass is 9.90. The van der Waals surface area contributed by atoms with E-state index in [4.69, 9.17) is 0 Å². The number of fused-ring (bicyclic) bond motifs is 1. The third-order valence-electron chi connectivity index (χ3n) is 6.06. The molecule has 2 N–H and O–H groups in total. The first-order chi connectivity index (χ1) is 13.3. The normalized spacial score (nSPS) is 23.7. The summed E-state index contributed by atoms with van der Waals surface area (Å²) < 4.78 is 27.9. The second kappa shape index (κ2) is 7.26. The number of benzene rings is 2. The van der Waals surface area contributed by atoms with Gasteiger partial charge < -0.3 is 10.2 Å². The van der Waals surface area contributed by atoms with E-state index >= 15 is 0 Å². The van der Waals surface area contributed by atoms with E-state index in [1.165, 1.54) is 30.3 Å². The first-order valence-electron chi connectivity index (χ1n) is 9.53. The number of rotatable bonds is 5. The van der Waals surface area contributed by atoms with Gasteiger partial charge in [-0.2, -0.15) is 0 Å². The number of hydrogen-bond acceptors (Lipinski definition) is 4. The Morgan fingerprint density at radius 2 is 1.61 bits per heavy atom. The number of nitrogens with zero attached hydrogens (tertiary/aromatic N) is 1. The summed E-state index contributed by atoms with van der Waals surface area (Å²) in [5.74, 6) is -0.695. The average molecular weight is 387 g/mol. The molecule has 2 aromatic carbocycles. The summed E-state index contributed by atoms with van der Waals surface area (Å²) >= 11 is 0. The molecule has 1 aliphatic carbocycles. The highest BCUT2D eigenvalue weighted by Crippen LogP contribution is 2.45. The van der Waals surface area contributed by atoms with Crippen molar-refractivity contribution >= 4 is 5.78 Å². The maximum Gasteiger partial charge on any atom is 0.176 e. The van der Waals surface area contributed by atoms with E-state index in [0.717, 1.165) is 0 Å². The highest BCUT2D eigenvalue weighted by atomic mass is 19.1. The van der Waals surface area contributed by atoms with E-state index in [-0.39, 0.29) is 41.9 Å². The zero-order valence-electron chi connectivity index (χ0n) is 15.4. The largest absolute Gasteiger partial charge is 0.508 e. The zero-order valence-corrected chi connectivity index (χ0v) is 15.4. The molecular formula is C22H23F2NO3. The molecule has 4 nitrogen and oxygen atoms in total. The minimum atomic E-state index is -1.11. The summed E-state index contributed by atoms with van der Waals surface area (Å²) in [5.41, 5.74) is -0.600. The maximum absolute atomic E-state index is 13.9. The minimum absolute atomic E-state index is 0.0105. The van der Waals surface area contributed by atoms with Gasteiger partial charge in [0.2, 0.25) is 0 Å². The van der Waals surface area contributed by atoms with E-state index in [1.807, 2.05) is 0 Å². The van der Waals surface area contributed by atoms with Crippen LogP contribution in [-0.4, -0.2) is 46.1 Å². The third kappa shape index (κ3) is 3.80. The summed E-state index contributed by atoms with van der Waals surface area (Å²) in [4.78, 5) is 14.5. The molecule has 1 saturated heterocycles. The van der Waals surface area contributed by atoms with Gasteiger partial charge in [0.15, 0.2) is 5.78 Å². The van der Waals surface area contributed by atoms with Crippen molar-refractivity contribution in [2.24, 2.45) is 11.8 Å². The molecular weight excluding hydrogens is 364 g/mol. The van der Waals surface area contributed by atoms with Crippen LogP contribution < -0.4 is 0 Å². The van der Waals surface area contributed by atoms with Crippen molar-refractivity contribution in [3.8, 4) is 5.75 Å². The molecule has 0 spiro atoms. The first-order valence-corrected chi connectivity index (χ1v) is 9.53. The number of Topliss-reactive ketones (excluding diaryl/α,β-unsaturated/α-hetero) is 1. The molecule has 2 fully saturated rings. The Hall–Kier alpha value is -2.31. The molecule has 1 saturated carbocycles. The highest BCUT2D eigenvalue weighted by molar-refractivity contribution is 5.97. The lowest BCUT2D eigenvalue weighted by Gasteiger charge is -2.26. The molecule has 2 aromatic rings. The quantitative estimate of drug-likeness (QED) is 0.774. The second-order valence-corrected chi connectivity index (χ2v) is 8.19. The lowest BCUT2D eigenvalue weighted by Crippen LogP contribution is -2.34. The molecule has 0 radical (unpaired) electrons. The summed E-state index contributed by atoms with van der Waals surface area (Å²) in [6, 6.07) is 9.96. The van der Waals surface area contributed by atoms with Gasteiger partial charge >= 0.3 is 0 Å². The number of ketones is 1. The number of aliphatic hydroxyl groups is 1. The second-order valence-electron chi connectivity index (χ2n) is 8.19. The smallest absolute Gasteiger partial charge is 0.176 e. The molecule has 0 unspecified atom stereocenters. The molecule has 4 rings (SSSR count). The maximum atomic E-state index is 13.9. The van der Waals surface area contributed by atoms with Gasteiger partial charge in [0.1, 0.15) is 17.4 Å². The van der Waals surface area contributed by atoms with Crippen LogP contribution in [0.2, 0.25) is 0 Å². The van der Waals surface area contributed by atoms with Gasteiger partial charge in [-0.1, -0.05) is 6.07 Å². The summed E-state index contributed by atoms with van der Waals surface area (Å²) in [5, 5.41) is 20.3. The molecule has 148 valence electrons. The van der Waals surface area contributed by atoms with Crippen LogP contribution in [0.15, 0.2) is 42.5 Å². The first kappa shape index (κ1) is 19.0. The van der Waals surface area contributed by atoms with Crippen molar-refractivity contribution in [1.82, 2.24) is 4.90 Å². The fraction of sp³-hybridized carbons (Fsp3) is 0.409. The van der Waals surface area contributed by atoms with Crippen LogP contribution in [-0.2, 0) is 6.42 Å². The Morgan fingerprint density at radius 3 is 2.18 bits per heavy atom. The number of phenols is 1. The topological polar surface area (TPSA) is 60.8 Å². The van der Waals surface area contributed by atoms with Crippen LogP contribution in [0, 0.1) is 23.5 Å².